The normalized spacial score (nSPS) is 15.3. The summed E-state index contributed by atoms with van der Waals surface area (Å²) in [6.45, 7) is 1.61. The number of halogens is 1. The second kappa shape index (κ2) is 8.64. The van der Waals surface area contributed by atoms with E-state index in [1.807, 2.05) is 24.3 Å². The lowest BCUT2D eigenvalue weighted by Crippen LogP contribution is -2.46. The summed E-state index contributed by atoms with van der Waals surface area (Å²) >= 11 is 3.41. The number of carbonyl (C=O) groups excluding carboxylic acids is 1. The molecule has 1 aromatic carbocycles. The SMILES string of the molecule is COCCC1(CNC(=O)NCc2noc(-c3cccc(Br)c3)n2)CCC1. The van der Waals surface area contributed by atoms with Crippen LogP contribution in [0.4, 0.5) is 4.79 Å². The molecule has 7 nitrogen and oxygen atoms in total. The highest BCUT2D eigenvalue weighted by atomic mass is 79.9. The minimum Gasteiger partial charge on any atom is -0.385 e. The maximum atomic E-state index is 12.1. The standard InChI is InChI=1S/C18H23BrN4O3/c1-25-9-8-18(6-3-7-18)12-21-17(24)20-11-15-22-16(26-23-15)13-4-2-5-14(19)10-13/h2,4-5,10H,3,6-9,11-12H2,1H3,(H2,20,21,24). The van der Waals surface area contributed by atoms with E-state index in [0.29, 0.717) is 18.3 Å². The molecule has 140 valence electrons. The van der Waals surface area contributed by atoms with Crippen LogP contribution in [0.5, 0.6) is 0 Å². The van der Waals surface area contributed by atoms with Crippen LogP contribution in [0.15, 0.2) is 33.3 Å². The summed E-state index contributed by atoms with van der Waals surface area (Å²) < 4.78 is 11.4. The number of methoxy groups -OCH3 is 1. The first-order valence-corrected chi connectivity index (χ1v) is 9.49. The highest BCUT2D eigenvalue weighted by Gasteiger charge is 2.36. The molecule has 2 amide bonds. The lowest BCUT2D eigenvalue weighted by atomic mass is 9.67. The third-order valence-electron chi connectivity index (χ3n) is 4.82. The van der Waals surface area contributed by atoms with Gasteiger partial charge in [-0.3, -0.25) is 0 Å². The van der Waals surface area contributed by atoms with Crippen LogP contribution in [0, 0.1) is 5.41 Å². The van der Waals surface area contributed by atoms with Crippen LogP contribution in [0.2, 0.25) is 0 Å². The molecule has 1 aromatic heterocycles. The molecule has 3 rings (SSSR count). The molecule has 1 fully saturated rings. The van der Waals surface area contributed by atoms with Crippen LogP contribution in [0.25, 0.3) is 11.5 Å². The van der Waals surface area contributed by atoms with Crippen molar-refractivity contribution in [3.05, 3.63) is 34.6 Å². The van der Waals surface area contributed by atoms with Gasteiger partial charge in [0.2, 0.25) is 0 Å². The summed E-state index contributed by atoms with van der Waals surface area (Å²) in [5.41, 5.74) is 1.01. The number of ether oxygens (including phenoxy) is 1. The Balaban J connectivity index is 1.46. The van der Waals surface area contributed by atoms with E-state index >= 15 is 0 Å². The number of hydrogen-bond donors (Lipinski definition) is 2. The molecule has 0 atom stereocenters. The molecule has 0 aliphatic heterocycles. The Morgan fingerprint density at radius 2 is 2.23 bits per heavy atom. The summed E-state index contributed by atoms with van der Waals surface area (Å²) in [7, 11) is 1.71. The van der Waals surface area contributed by atoms with Crippen LogP contribution < -0.4 is 10.6 Å². The molecule has 0 saturated heterocycles. The number of nitrogens with one attached hydrogen (secondary N) is 2. The van der Waals surface area contributed by atoms with Crippen LogP contribution in [0.3, 0.4) is 0 Å². The maximum absolute atomic E-state index is 12.1. The first-order valence-electron chi connectivity index (χ1n) is 8.69. The van der Waals surface area contributed by atoms with Gasteiger partial charge >= 0.3 is 6.03 Å². The summed E-state index contributed by atoms with van der Waals surface area (Å²) in [6.07, 6.45) is 4.47. The van der Waals surface area contributed by atoms with Gasteiger partial charge in [0, 0.05) is 30.3 Å². The van der Waals surface area contributed by atoms with Crippen molar-refractivity contribution in [3.63, 3.8) is 0 Å². The molecule has 1 saturated carbocycles. The fraction of sp³-hybridized carbons (Fsp3) is 0.500. The van der Waals surface area contributed by atoms with Crippen LogP contribution in [0.1, 0.15) is 31.5 Å². The molecule has 0 radical (unpaired) electrons. The number of amides is 2. The average molecular weight is 423 g/mol. The number of hydrogen-bond acceptors (Lipinski definition) is 5. The predicted molar refractivity (Wildman–Crippen MR) is 100 cm³/mol. The Kier molecular flexibility index (Phi) is 6.26. The monoisotopic (exact) mass is 422 g/mol. The second-order valence-electron chi connectivity index (χ2n) is 6.66. The van der Waals surface area contributed by atoms with E-state index in [2.05, 4.69) is 36.7 Å². The van der Waals surface area contributed by atoms with Gasteiger partial charge in [0.05, 0.1) is 6.54 Å². The molecule has 2 N–H and O–H groups in total. The zero-order valence-corrected chi connectivity index (χ0v) is 16.3. The quantitative estimate of drug-likeness (QED) is 0.679. The first-order chi connectivity index (χ1) is 12.6. The van der Waals surface area contributed by atoms with E-state index in [9.17, 15) is 4.79 Å². The van der Waals surface area contributed by atoms with E-state index in [1.54, 1.807) is 7.11 Å². The molecule has 2 aromatic rings. The fourth-order valence-corrected chi connectivity index (χ4v) is 3.46. The van der Waals surface area contributed by atoms with Gasteiger partial charge in [0.15, 0.2) is 5.82 Å². The van der Waals surface area contributed by atoms with Crippen LogP contribution in [-0.2, 0) is 11.3 Å². The number of urea groups is 1. The van der Waals surface area contributed by atoms with Gasteiger partial charge in [0.25, 0.3) is 5.89 Å². The average Bonchev–Trinajstić information content (AvgIpc) is 3.08. The summed E-state index contributed by atoms with van der Waals surface area (Å²) in [4.78, 5) is 16.4. The smallest absolute Gasteiger partial charge is 0.315 e. The van der Waals surface area contributed by atoms with Gasteiger partial charge in [-0.2, -0.15) is 4.98 Å². The molecule has 0 spiro atoms. The Bertz CT molecular complexity index is 746. The molecule has 26 heavy (non-hydrogen) atoms. The summed E-state index contributed by atoms with van der Waals surface area (Å²) in [5.74, 6) is 0.865. The van der Waals surface area contributed by atoms with Gasteiger partial charge in [0.1, 0.15) is 0 Å². The number of rotatable bonds is 8. The highest BCUT2D eigenvalue weighted by molar-refractivity contribution is 9.10. The Hall–Kier alpha value is -1.93. The molecular weight excluding hydrogens is 400 g/mol. The summed E-state index contributed by atoms with van der Waals surface area (Å²) in [6, 6.07) is 7.39. The Morgan fingerprint density at radius 3 is 2.92 bits per heavy atom. The van der Waals surface area contributed by atoms with Crippen molar-refractivity contribution in [2.24, 2.45) is 5.41 Å². The topological polar surface area (TPSA) is 89.3 Å². The van der Waals surface area contributed by atoms with Crippen molar-refractivity contribution in [3.8, 4) is 11.5 Å². The van der Waals surface area contributed by atoms with E-state index < -0.39 is 0 Å². The van der Waals surface area contributed by atoms with E-state index in [1.165, 1.54) is 6.42 Å². The highest BCUT2D eigenvalue weighted by Crippen LogP contribution is 2.43. The second-order valence-corrected chi connectivity index (χ2v) is 7.57. The summed E-state index contributed by atoms with van der Waals surface area (Å²) in [5, 5.41) is 9.64. The van der Waals surface area contributed by atoms with Crippen LogP contribution in [-0.4, -0.2) is 36.4 Å². The van der Waals surface area contributed by atoms with Gasteiger partial charge < -0.3 is 19.9 Å². The van der Waals surface area contributed by atoms with Crippen molar-refractivity contribution in [1.29, 1.82) is 0 Å². The van der Waals surface area contributed by atoms with Crippen molar-refractivity contribution in [2.45, 2.75) is 32.2 Å². The lowest BCUT2D eigenvalue weighted by molar-refractivity contribution is 0.0712. The molecular formula is C18H23BrN4O3. The minimum atomic E-state index is -0.220. The van der Waals surface area contributed by atoms with Crippen molar-refractivity contribution < 1.29 is 14.1 Å². The molecule has 1 aliphatic rings. The van der Waals surface area contributed by atoms with Gasteiger partial charge in [-0.15, -0.1) is 0 Å². The Labute approximate surface area is 161 Å². The number of carbonyl (C=O) groups is 1. The van der Waals surface area contributed by atoms with Gasteiger partial charge in [-0.1, -0.05) is 33.6 Å². The zero-order chi connectivity index (χ0) is 18.4. The minimum absolute atomic E-state index is 0.188. The maximum Gasteiger partial charge on any atom is 0.315 e. The third kappa shape index (κ3) is 4.82. The molecule has 0 unspecified atom stereocenters. The van der Waals surface area contributed by atoms with Crippen molar-refractivity contribution in [2.75, 3.05) is 20.3 Å². The zero-order valence-electron chi connectivity index (χ0n) is 14.8. The largest absolute Gasteiger partial charge is 0.385 e. The molecule has 8 heteroatoms. The number of nitrogens with zero attached hydrogens (tertiary/aromatic N) is 2. The van der Waals surface area contributed by atoms with Crippen molar-refractivity contribution in [1.82, 2.24) is 20.8 Å². The third-order valence-corrected chi connectivity index (χ3v) is 5.31. The molecule has 1 aliphatic carbocycles. The molecule has 0 bridgehead atoms. The molecule has 1 heterocycles. The lowest BCUT2D eigenvalue weighted by Gasteiger charge is -2.42. The van der Waals surface area contributed by atoms with Crippen molar-refractivity contribution >= 4 is 22.0 Å². The number of benzene rings is 1. The van der Waals surface area contributed by atoms with Crippen LogP contribution >= 0.6 is 15.9 Å². The van der Waals surface area contributed by atoms with Gasteiger partial charge in [-0.05, 0) is 42.9 Å². The predicted octanol–water partition coefficient (Wildman–Crippen LogP) is 3.51. The van der Waals surface area contributed by atoms with E-state index in [-0.39, 0.29) is 18.0 Å². The Morgan fingerprint density at radius 1 is 1.38 bits per heavy atom. The van der Waals surface area contributed by atoms with E-state index in [0.717, 1.165) is 35.9 Å². The van der Waals surface area contributed by atoms with E-state index in [4.69, 9.17) is 9.26 Å². The van der Waals surface area contributed by atoms with Gasteiger partial charge in [-0.25, -0.2) is 4.79 Å². The first kappa shape index (κ1) is 18.8. The number of aromatic nitrogens is 2. The fourth-order valence-electron chi connectivity index (χ4n) is 3.06.